The molecule has 0 radical (unpaired) electrons. The van der Waals surface area contributed by atoms with Gasteiger partial charge in [-0.05, 0) is 24.1 Å². The predicted molar refractivity (Wildman–Crippen MR) is 75.4 cm³/mol. The summed E-state index contributed by atoms with van der Waals surface area (Å²) in [6.07, 6.45) is 1.59. The number of hydrogen-bond donors (Lipinski definition) is 3. The Kier molecular flexibility index (Phi) is 3.85. The number of halogens is 1. The van der Waals surface area contributed by atoms with Crippen LogP contribution < -0.4 is 11.1 Å². The van der Waals surface area contributed by atoms with E-state index in [1.807, 2.05) is 13.8 Å². The highest BCUT2D eigenvalue weighted by atomic mass is 19.1. The summed E-state index contributed by atoms with van der Waals surface area (Å²) in [6.45, 7) is 3.84. The van der Waals surface area contributed by atoms with Crippen molar-refractivity contribution in [2.75, 3.05) is 17.7 Å². The van der Waals surface area contributed by atoms with Gasteiger partial charge in [0.15, 0.2) is 5.82 Å². The molecule has 102 valence electrons. The van der Waals surface area contributed by atoms with Gasteiger partial charge in [-0.3, -0.25) is 4.98 Å². The molecule has 1 aromatic heterocycles. The molecule has 1 unspecified atom stereocenters. The van der Waals surface area contributed by atoms with Crippen molar-refractivity contribution in [1.29, 1.82) is 0 Å². The van der Waals surface area contributed by atoms with Crippen molar-refractivity contribution in [2.24, 2.45) is 5.92 Å². The molecule has 0 spiro atoms. The van der Waals surface area contributed by atoms with Crippen molar-refractivity contribution in [3.05, 3.63) is 30.2 Å². The molecule has 1 atom stereocenters. The summed E-state index contributed by atoms with van der Waals surface area (Å²) >= 11 is 0. The average molecular weight is 263 g/mol. The maximum absolute atomic E-state index is 14.1. The quantitative estimate of drug-likeness (QED) is 0.741. The van der Waals surface area contributed by atoms with Crippen LogP contribution in [0.25, 0.3) is 10.9 Å². The van der Waals surface area contributed by atoms with E-state index in [0.717, 1.165) is 0 Å². The molecule has 0 aliphatic rings. The van der Waals surface area contributed by atoms with Gasteiger partial charge in [0.05, 0.1) is 23.9 Å². The van der Waals surface area contributed by atoms with Crippen molar-refractivity contribution >= 4 is 22.3 Å². The first-order valence-electron chi connectivity index (χ1n) is 6.24. The van der Waals surface area contributed by atoms with Gasteiger partial charge < -0.3 is 16.2 Å². The van der Waals surface area contributed by atoms with E-state index >= 15 is 0 Å². The van der Waals surface area contributed by atoms with Crippen molar-refractivity contribution in [3.8, 4) is 0 Å². The van der Waals surface area contributed by atoms with E-state index in [9.17, 15) is 9.50 Å². The third kappa shape index (κ3) is 2.61. The first-order valence-corrected chi connectivity index (χ1v) is 6.24. The minimum Gasteiger partial charge on any atom is -0.398 e. The number of nitrogens with two attached hydrogens (primary N) is 1. The summed E-state index contributed by atoms with van der Waals surface area (Å²) in [4.78, 5) is 4.19. The van der Waals surface area contributed by atoms with Gasteiger partial charge in [-0.1, -0.05) is 13.8 Å². The normalized spacial score (nSPS) is 12.9. The van der Waals surface area contributed by atoms with Crippen LogP contribution in [0.5, 0.6) is 0 Å². The van der Waals surface area contributed by atoms with Gasteiger partial charge in [0.25, 0.3) is 0 Å². The molecule has 1 heterocycles. The van der Waals surface area contributed by atoms with E-state index in [1.54, 1.807) is 18.3 Å². The van der Waals surface area contributed by atoms with E-state index in [-0.39, 0.29) is 24.3 Å². The second kappa shape index (κ2) is 5.40. The molecule has 0 bridgehead atoms. The Bertz CT molecular complexity index is 586. The minimum absolute atomic E-state index is 0.0736. The van der Waals surface area contributed by atoms with Crippen LogP contribution in [-0.4, -0.2) is 22.7 Å². The lowest BCUT2D eigenvalue weighted by atomic mass is 10.0. The Balaban J connectivity index is 2.53. The number of nitrogens with one attached hydrogen (secondary N) is 1. The van der Waals surface area contributed by atoms with Gasteiger partial charge in [0, 0.05) is 17.3 Å². The van der Waals surface area contributed by atoms with E-state index in [0.29, 0.717) is 16.6 Å². The van der Waals surface area contributed by atoms with Crippen molar-refractivity contribution in [1.82, 2.24) is 4.98 Å². The molecule has 0 saturated carbocycles. The Morgan fingerprint density at radius 2 is 2.21 bits per heavy atom. The standard InChI is InChI=1S/C14H18FN3O/c1-8(2)12(7-19)18-14-10(15)6-11(16)9-4-3-5-17-13(9)14/h3-6,8,12,18-19H,7,16H2,1-2H3. The van der Waals surface area contributed by atoms with E-state index in [2.05, 4.69) is 10.3 Å². The number of rotatable bonds is 4. The molecule has 2 aromatic rings. The fourth-order valence-electron chi connectivity index (χ4n) is 1.98. The molecule has 0 aliphatic carbocycles. The lowest BCUT2D eigenvalue weighted by molar-refractivity contribution is 0.249. The van der Waals surface area contributed by atoms with Crippen molar-refractivity contribution in [3.63, 3.8) is 0 Å². The number of nitrogen functional groups attached to an aromatic ring is 1. The van der Waals surface area contributed by atoms with Crippen LogP contribution in [0.1, 0.15) is 13.8 Å². The number of fused-ring (bicyclic) bond motifs is 1. The maximum Gasteiger partial charge on any atom is 0.150 e. The van der Waals surface area contributed by atoms with Gasteiger partial charge in [-0.25, -0.2) is 4.39 Å². The lowest BCUT2D eigenvalue weighted by Gasteiger charge is -2.22. The molecular weight excluding hydrogens is 245 g/mol. The number of aromatic nitrogens is 1. The lowest BCUT2D eigenvalue weighted by Crippen LogP contribution is -2.30. The summed E-state index contributed by atoms with van der Waals surface area (Å²) in [5.74, 6) is -0.288. The van der Waals surface area contributed by atoms with Gasteiger partial charge in [-0.2, -0.15) is 0 Å². The molecule has 4 nitrogen and oxygen atoms in total. The topological polar surface area (TPSA) is 71.2 Å². The van der Waals surface area contributed by atoms with Gasteiger partial charge in [-0.15, -0.1) is 0 Å². The molecular formula is C14H18FN3O. The van der Waals surface area contributed by atoms with Gasteiger partial charge in [0.1, 0.15) is 0 Å². The number of anilines is 2. The van der Waals surface area contributed by atoms with E-state index in [4.69, 9.17) is 5.73 Å². The van der Waals surface area contributed by atoms with Crippen LogP contribution in [0, 0.1) is 11.7 Å². The average Bonchev–Trinajstić information content (AvgIpc) is 2.38. The molecule has 0 amide bonds. The highest BCUT2D eigenvalue weighted by Gasteiger charge is 2.17. The van der Waals surface area contributed by atoms with Gasteiger partial charge in [0.2, 0.25) is 0 Å². The zero-order valence-corrected chi connectivity index (χ0v) is 11.0. The summed E-state index contributed by atoms with van der Waals surface area (Å²) in [7, 11) is 0. The van der Waals surface area contributed by atoms with Crippen molar-refractivity contribution < 1.29 is 9.50 Å². The summed E-state index contributed by atoms with van der Waals surface area (Å²) in [6, 6.07) is 4.60. The molecule has 0 saturated heterocycles. The number of aliphatic hydroxyl groups is 1. The largest absolute Gasteiger partial charge is 0.398 e. The Morgan fingerprint density at radius 1 is 1.47 bits per heavy atom. The van der Waals surface area contributed by atoms with Crippen molar-refractivity contribution in [2.45, 2.75) is 19.9 Å². The summed E-state index contributed by atoms with van der Waals surface area (Å²) < 4.78 is 14.1. The Hall–Kier alpha value is -1.88. The first-order chi connectivity index (χ1) is 9.04. The molecule has 0 aliphatic heterocycles. The fourth-order valence-corrected chi connectivity index (χ4v) is 1.98. The number of pyridine rings is 1. The smallest absolute Gasteiger partial charge is 0.150 e. The monoisotopic (exact) mass is 263 g/mol. The Morgan fingerprint density at radius 3 is 2.84 bits per heavy atom. The first kappa shape index (κ1) is 13.5. The van der Waals surface area contributed by atoms with Gasteiger partial charge >= 0.3 is 0 Å². The SMILES string of the molecule is CC(C)C(CO)Nc1c(F)cc(N)c2cccnc12. The Labute approximate surface area is 111 Å². The van der Waals surface area contributed by atoms with Crippen LogP contribution in [0.15, 0.2) is 24.4 Å². The molecule has 0 fully saturated rings. The zero-order valence-electron chi connectivity index (χ0n) is 11.0. The highest BCUT2D eigenvalue weighted by molar-refractivity contribution is 5.98. The molecule has 5 heteroatoms. The number of aliphatic hydroxyl groups excluding tert-OH is 1. The number of hydrogen-bond acceptors (Lipinski definition) is 4. The zero-order chi connectivity index (χ0) is 14.0. The molecule has 19 heavy (non-hydrogen) atoms. The highest BCUT2D eigenvalue weighted by Crippen LogP contribution is 2.30. The third-order valence-corrected chi connectivity index (χ3v) is 3.21. The molecule has 4 N–H and O–H groups in total. The second-order valence-corrected chi connectivity index (χ2v) is 4.90. The van der Waals surface area contributed by atoms with Crippen LogP contribution >= 0.6 is 0 Å². The fraction of sp³-hybridized carbons (Fsp3) is 0.357. The minimum atomic E-state index is -0.456. The number of benzene rings is 1. The second-order valence-electron chi connectivity index (χ2n) is 4.90. The maximum atomic E-state index is 14.1. The van der Waals surface area contributed by atoms with E-state index < -0.39 is 5.82 Å². The summed E-state index contributed by atoms with van der Waals surface area (Å²) in [5, 5.41) is 13.1. The van der Waals surface area contributed by atoms with Crippen LogP contribution in [0.3, 0.4) is 0 Å². The molecule has 2 rings (SSSR count). The molecule has 1 aromatic carbocycles. The van der Waals surface area contributed by atoms with Crippen LogP contribution in [-0.2, 0) is 0 Å². The van der Waals surface area contributed by atoms with Crippen LogP contribution in [0.4, 0.5) is 15.8 Å². The number of nitrogens with zero attached hydrogens (tertiary/aromatic N) is 1. The van der Waals surface area contributed by atoms with Crippen LogP contribution in [0.2, 0.25) is 0 Å². The van der Waals surface area contributed by atoms with E-state index in [1.165, 1.54) is 6.07 Å². The predicted octanol–water partition coefficient (Wildman–Crippen LogP) is 2.38. The third-order valence-electron chi connectivity index (χ3n) is 3.21. The summed E-state index contributed by atoms with van der Waals surface area (Å²) in [5.41, 5.74) is 6.92.